The van der Waals surface area contributed by atoms with Gasteiger partial charge in [0.25, 0.3) is 5.91 Å². The van der Waals surface area contributed by atoms with Crippen LogP contribution in [0.4, 0.5) is 14.5 Å². The fourth-order valence-electron chi connectivity index (χ4n) is 2.39. The van der Waals surface area contributed by atoms with Crippen LogP contribution in [0.1, 0.15) is 36.0 Å². The summed E-state index contributed by atoms with van der Waals surface area (Å²) in [5.74, 6) is -1.76. The highest BCUT2D eigenvalue weighted by Gasteiger charge is 2.20. The van der Waals surface area contributed by atoms with Crippen molar-refractivity contribution in [2.24, 2.45) is 0 Å². The molecule has 1 aliphatic heterocycles. The predicted octanol–water partition coefficient (Wildman–Crippen LogP) is 3.02. The van der Waals surface area contributed by atoms with Gasteiger partial charge in [0.15, 0.2) is 0 Å². The van der Waals surface area contributed by atoms with Crippen molar-refractivity contribution in [3.63, 3.8) is 0 Å². The highest BCUT2D eigenvalue weighted by Crippen LogP contribution is 2.22. The van der Waals surface area contributed by atoms with E-state index in [0.717, 1.165) is 37.8 Å². The fourth-order valence-corrected chi connectivity index (χ4v) is 2.39. The highest BCUT2D eigenvalue weighted by molar-refractivity contribution is 5.94. The standard InChI is InChI=1S/C14H18F2N2O/c1-17-13-11(15)8-10(9-12(13)16)14(19)18-6-4-2-3-5-7-18/h8-9,17H,2-7H2,1H3. The summed E-state index contributed by atoms with van der Waals surface area (Å²) in [6.45, 7) is 1.33. The van der Waals surface area contributed by atoms with Crippen LogP contribution >= 0.6 is 0 Å². The molecule has 1 fully saturated rings. The molecule has 0 bridgehead atoms. The quantitative estimate of drug-likeness (QED) is 0.894. The monoisotopic (exact) mass is 268 g/mol. The van der Waals surface area contributed by atoms with Crippen LogP contribution in [0.15, 0.2) is 12.1 Å². The molecule has 1 amide bonds. The Morgan fingerprint density at radius 2 is 1.63 bits per heavy atom. The molecule has 1 aliphatic rings. The maximum absolute atomic E-state index is 13.6. The number of nitrogens with zero attached hydrogens (tertiary/aromatic N) is 1. The van der Waals surface area contributed by atoms with Crippen LogP contribution in [0.2, 0.25) is 0 Å². The zero-order valence-corrected chi connectivity index (χ0v) is 11.0. The lowest BCUT2D eigenvalue weighted by Gasteiger charge is -2.20. The van der Waals surface area contributed by atoms with Crippen molar-refractivity contribution in [2.75, 3.05) is 25.5 Å². The number of hydrogen-bond donors (Lipinski definition) is 1. The summed E-state index contributed by atoms with van der Waals surface area (Å²) in [7, 11) is 1.44. The van der Waals surface area contributed by atoms with E-state index in [2.05, 4.69) is 5.32 Å². The zero-order valence-electron chi connectivity index (χ0n) is 11.0. The van der Waals surface area contributed by atoms with E-state index in [1.165, 1.54) is 7.05 Å². The third-order valence-electron chi connectivity index (χ3n) is 3.43. The maximum atomic E-state index is 13.6. The van der Waals surface area contributed by atoms with Crippen molar-refractivity contribution in [1.82, 2.24) is 4.90 Å². The summed E-state index contributed by atoms with van der Waals surface area (Å²) in [5, 5.41) is 2.44. The molecule has 104 valence electrons. The minimum absolute atomic E-state index is 0.0795. The van der Waals surface area contributed by atoms with Crippen molar-refractivity contribution in [1.29, 1.82) is 0 Å². The lowest BCUT2D eigenvalue weighted by molar-refractivity contribution is 0.0760. The molecular weight excluding hydrogens is 250 g/mol. The van der Waals surface area contributed by atoms with Crippen molar-refractivity contribution in [3.8, 4) is 0 Å². The van der Waals surface area contributed by atoms with Crippen LogP contribution in [0, 0.1) is 11.6 Å². The molecule has 0 unspecified atom stereocenters. The van der Waals surface area contributed by atoms with E-state index >= 15 is 0 Å². The van der Waals surface area contributed by atoms with Gasteiger partial charge in [-0.15, -0.1) is 0 Å². The normalized spacial score (nSPS) is 16.1. The average molecular weight is 268 g/mol. The third kappa shape index (κ3) is 3.03. The van der Waals surface area contributed by atoms with Gasteiger partial charge in [0, 0.05) is 25.7 Å². The minimum Gasteiger partial charge on any atom is -0.383 e. The first kappa shape index (κ1) is 13.8. The number of halogens is 2. The average Bonchev–Trinajstić information content (AvgIpc) is 2.66. The Hall–Kier alpha value is -1.65. The molecule has 0 aromatic heterocycles. The summed E-state index contributed by atoms with van der Waals surface area (Å²) < 4.78 is 27.3. The molecule has 2 rings (SSSR count). The Kier molecular flexibility index (Phi) is 4.35. The molecule has 0 radical (unpaired) electrons. The number of hydrogen-bond acceptors (Lipinski definition) is 2. The van der Waals surface area contributed by atoms with Gasteiger partial charge >= 0.3 is 0 Å². The number of amides is 1. The largest absolute Gasteiger partial charge is 0.383 e. The number of nitrogens with one attached hydrogen (secondary N) is 1. The Bertz CT molecular complexity index is 446. The lowest BCUT2D eigenvalue weighted by atomic mass is 10.1. The Morgan fingerprint density at radius 1 is 1.11 bits per heavy atom. The molecule has 1 aromatic rings. The van der Waals surface area contributed by atoms with Gasteiger partial charge in [-0.2, -0.15) is 0 Å². The molecule has 0 aliphatic carbocycles. The Morgan fingerprint density at radius 3 is 2.11 bits per heavy atom. The van der Waals surface area contributed by atoms with Crippen LogP contribution in [0.3, 0.4) is 0 Å². The Balaban J connectivity index is 2.23. The molecule has 1 N–H and O–H groups in total. The van der Waals surface area contributed by atoms with Gasteiger partial charge in [-0.05, 0) is 25.0 Å². The zero-order chi connectivity index (χ0) is 13.8. The van der Waals surface area contributed by atoms with Gasteiger partial charge in [0.1, 0.15) is 17.3 Å². The molecule has 0 atom stereocenters. The number of carbonyl (C=O) groups is 1. The fraction of sp³-hybridized carbons (Fsp3) is 0.500. The summed E-state index contributed by atoms with van der Waals surface area (Å²) >= 11 is 0. The molecule has 5 heteroatoms. The second-order valence-electron chi connectivity index (χ2n) is 4.77. The van der Waals surface area contributed by atoms with E-state index in [9.17, 15) is 13.6 Å². The van der Waals surface area contributed by atoms with E-state index < -0.39 is 11.6 Å². The predicted molar refractivity (Wildman–Crippen MR) is 70.3 cm³/mol. The van der Waals surface area contributed by atoms with Crippen molar-refractivity contribution >= 4 is 11.6 Å². The molecule has 1 aromatic carbocycles. The first-order valence-corrected chi connectivity index (χ1v) is 6.59. The molecule has 1 heterocycles. The lowest BCUT2D eigenvalue weighted by Crippen LogP contribution is -2.32. The summed E-state index contributed by atoms with van der Waals surface area (Å²) in [6.07, 6.45) is 4.10. The van der Waals surface area contributed by atoms with Crippen molar-refractivity contribution in [3.05, 3.63) is 29.3 Å². The van der Waals surface area contributed by atoms with Crippen LogP contribution in [-0.4, -0.2) is 30.9 Å². The highest BCUT2D eigenvalue weighted by atomic mass is 19.1. The summed E-state index contributed by atoms with van der Waals surface area (Å²) in [6, 6.07) is 2.20. The number of anilines is 1. The van der Waals surface area contributed by atoms with Crippen molar-refractivity contribution in [2.45, 2.75) is 25.7 Å². The number of carbonyl (C=O) groups excluding carboxylic acids is 1. The van der Waals surface area contributed by atoms with E-state index in [1.54, 1.807) is 4.90 Å². The number of benzene rings is 1. The van der Waals surface area contributed by atoms with E-state index in [1.807, 2.05) is 0 Å². The minimum atomic E-state index is -0.735. The topological polar surface area (TPSA) is 32.3 Å². The van der Waals surface area contributed by atoms with E-state index in [0.29, 0.717) is 13.1 Å². The summed E-state index contributed by atoms with van der Waals surface area (Å²) in [4.78, 5) is 13.9. The summed E-state index contributed by atoms with van der Waals surface area (Å²) in [5.41, 5.74) is -0.122. The molecular formula is C14H18F2N2O. The number of likely N-dealkylation sites (tertiary alicyclic amines) is 1. The van der Waals surface area contributed by atoms with Crippen molar-refractivity contribution < 1.29 is 13.6 Å². The molecule has 0 saturated carbocycles. The van der Waals surface area contributed by atoms with Gasteiger partial charge in [-0.1, -0.05) is 12.8 Å². The van der Waals surface area contributed by atoms with Gasteiger partial charge in [-0.25, -0.2) is 8.78 Å². The smallest absolute Gasteiger partial charge is 0.254 e. The molecule has 1 saturated heterocycles. The molecule has 19 heavy (non-hydrogen) atoms. The second-order valence-corrected chi connectivity index (χ2v) is 4.77. The van der Waals surface area contributed by atoms with Gasteiger partial charge < -0.3 is 10.2 Å². The number of rotatable bonds is 2. The van der Waals surface area contributed by atoms with Gasteiger partial charge in [-0.3, -0.25) is 4.79 Å². The van der Waals surface area contributed by atoms with E-state index in [-0.39, 0.29) is 17.2 Å². The maximum Gasteiger partial charge on any atom is 0.254 e. The van der Waals surface area contributed by atoms with Gasteiger partial charge in [0.05, 0.1) is 0 Å². The van der Waals surface area contributed by atoms with Crippen LogP contribution in [-0.2, 0) is 0 Å². The third-order valence-corrected chi connectivity index (χ3v) is 3.43. The molecule has 0 spiro atoms. The first-order valence-electron chi connectivity index (χ1n) is 6.59. The first-order chi connectivity index (χ1) is 9.13. The molecule has 3 nitrogen and oxygen atoms in total. The second kappa shape index (κ2) is 5.99. The van der Waals surface area contributed by atoms with Gasteiger partial charge in [0.2, 0.25) is 0 Å². The van der Waals surface area contributed by atoms with Crippen LogP contribution < -0.4 is 5.32 Å². The van der Waals surface area contributed by atoms with Crippen LogP contribution in [0.5, 0.6) is 0 Å². The Labute approximate surface area is 111 Å². The van der Waals surface area contributed by atoms with E-state index in [4.69, 9.17) is 0 Å². The SMILES string of the molecule is CNc1c(F)cc(C(=O)N2CCCCCC2)cc1F. The van der Waals surface area contributed by atoms with Crippen LogP contribution in [0.25, 0.3) is 0 Å².